The molecule has 1 aliphatic carbocycles. The molecular weight excluding hydrogens is 256 g/mol. The molecule has 0 atom stereocenters. The van der Waals surface area contributed by atoms with Gasteiger partial charge in [-0.25, -0.2) is 0 Å². The number of hydrogen-bond donors (Lipinski definition) is 2. The van der Waals surface area contributed by atoms with Gasteiger partial charge >= 0.3 is 0 Å². The topological polar surface area (TPSA) is 55.1 Å². The van der Waals surface area contributed by atoms with Crippen LogP contribution in [0.25, 0.3) is 0 Å². The average molecular weight is 273 g/mol. The highest BCUT2D eigenvalue weighted by atomic mass is 35.5. The molecule has 0 radical (unpaired) electrons. The van der Waals surface area contributed by atoms with Crippen molar-refractivity contribution in [3.05, 3.63) is 30.3 Å². The van der Waals surface area contributed by atoms with E-state index in [1.165, 1.54) is 4.90 Å². The van der Waals surface area contributed by atoms with Crippen molar-refractivity contribution < 1.29 is 4.79 Å². The Morgan fingerprint density at radius 1 is 1.35 bits per heavy atom. The highest BCUT2D eigenvalue weighted by Crippen LogP contribution is 2.32. The normalized spacial score (nSPS) is 15.8. The molecule has 1 saturated carbocycles. The molecule has 5 heteroatoms. The smallest absolute Gasteiger partial charge is 0.240 e. The Morgan fingerprint density at radius 2 is 2.00 bits per heavy atom. The van der Waals surface area contributed by atoms with Crippen LogP contribution >= 0.6 is 24.2 Å². The second kappa shape index (κ2) is 6.28. The van der Waals surface area contributed by atoms with Gasteiger partial charge in [-0.05, 0) is 25.0 Å². The van der Waals surface area contributed by atoms with E-state index in [9.17, 15) is 4.79 Å². The minimum absolute atomic E-state index is 0. The first-order valence-electron chi connectivity index (χ1n) is 5.46. The molecule has 0 aromatic heterocycles. The first-order valence-corrected chi connectivity index (χ1v) is 6.44. The molecule has 17 heavy (non-hydrogen) atoms. The average Bonchev–Trinajstić information content (AvgIpc) is 3.05. The van der Waals surface area contributed by atoms with Crippen molar-refractivity contribution in [1.29, 1.82) is 0 Å². The van der Waals surface area contributed by atoms with Crippen LogP contribution < -0.4 is 11.1 Å². The predicted octanol–water partition coefficient (Wildman–Crippen LogP) is 1.81. The number of benzene rings is 1. The van der Waals surface area contributed by atoms with Gasteiger partial charge in [0.2, 0.25) is 5.91 Å². The van der Waals surface area contributed by atoms with Crippen molar-refractivity contribution in [2.24, 2.45) is 5.73 Å². The summed E-state index contributed by atoms with van der Waals surface area (Å²) < 4.78 is 0. The van der Waals surface area contributed by atoms with Gasteiger partial charge in [0.25, 0.3) is 0 Å². The summed E-state index contributed by atoms with van der Waals surface area (Å²) >= 11 is 1.74. The molecule has 1 aliphatic rings. The minimum atomic E-state index is -0.544. The molecule has 3 nitrogen and oxygen atoms in total. The summed E-state index contributed by atoms with van der Waals surface area (Å²) in [6, 6.07) is 10.2. The number of thioether (sulfide) groups is 1. The lowest BCUT2D eigenvalue weighted by atomic mass is 10.3. The SMILES string of the molecule is Cl.NC1(C(=O)NCCSc2ccccc2)CC1. The van der Waals surface area contributed by atoms with Crippen molar-refractivity contribution in [1.82, 2.24) is 5.32 Å². The molecule has 1 aromatic carbocycles. The van der Waals surface area contributed by atoms with Crippen molar-refractivity contribution in [2.75, 3.05) is 12.3 Å². The van der Waals surface area contributed by atoms with Gasteiger partial charge in [-0.1, -0.05) is 18.2 Å². The van der Waals surface area contributed by atoms with Crippen LogP contribution in [0.4, 0.5) is 0 Å². The monoisotopic (exact) mass is 272 g/mol. The van der Waals surface area contributed by atoms with Crippen molar-refractivity contribution in [3.8, 4) is 0 Å². The van der Waals surface area contributed by atoms with Crippen molar-refractivity contribution in [3.63, 3.8) is 0 Å². The first-order chi connectivity index (χ1) is 7.71. The maximum Gasteiger partial charge on any atom is 0.240 e. The number of hydrogen-bond acceptors (Lipinski definition) is 3. The van der Waals surface area contributed by atoms with E-state index in [1.807, 2.05) is 18.2 Å². The lowest BCUT2D eigenvalue weighted by Gasteiger charge is -2.09. The molecule has 0 saturated heterocycles. The van der Waals surface area contributed by atoms with Crippen LogP contribution in [-0.4, -0.2) is 23.7 Å². The van der Waals surface area contributed by atoms with E-state index >= 15 is 0 Å². The number of amides is 1. The van der Waals surface area contributed by atoms with Crippen molar-refractivity contribution in [2.45, 2.75) is 23.3 Å². The van der Waals surface area contributed by atoms with Gasteiger partial charge in [-0.2, -0.15) is 0 Å². The molecule has 1 aromatic rings. The molecule has 1 amide bonds. The second-order valence-corrected chi connectivity index (χ2v) is 5.24. The van der Waals surface area contributed by atoms with Gasteiger partial charge in [-0.15, -0.1) is 24.2 Å². The van der Waals surface area contributed by atoms with Gasteiger partial charge in [0.1, 0.15) is 0 Å². The summed E-state index contributed by atoms with van der Waals surface area (Å²) in [5.41, 5.74) is 5.22. The number of rotatable bonds is 5. The highest BCUT2D eigenvalue weighted by Gasteiger charge is 2.45. The van der Waals surface area contributed by atoms with Crippen LogP contribution in [0.1, 0.15) is 12.8 Å². The molecular formula is C12H17ClN2OS. The Hall–Kier alpha value is -0.710. The fraction of sp³-hybridized carbons (Fsp3) is 0.417. The Labute approximate surface area is 112 Å². The zero-order valence-electron chi connectivity index (χ0n) is 9.52. The predicted molar refractivity (Wildman–Crippen MR) is 73.6 cm³/mol. The van der Waals surface area contributed by atoms with E-state index in [4.69, 9.17) is 5.73 Å². The molecule has 2 rings (SSSR count). The maximum atomic E-state index is 11.5. The second-order valence-electron chi connectivity index (χ2n) is 4.07. The van der Waals surface area contributed by atoms with Gasteiger partial charge in [-0.3, -0.25) is 4.79 Å². The molecule has 3 N–H and O–H groups in total. The molecule has 0 spiro atoms. The number of halogens is 1. The van der Waals surface area contributed by atoms with Crippen LogP contribution in [-0.2, 0) is 4.79 Å². The Balaban J connectivity index is 0.00000144. The van der Waals surface area contributed by atoms with Crippen LogP contribution in [0, 0.1) is 0 Å². The standard InChI is InChI=1S/C12H16N2OS.ClH/c13-12(6-7-12)11(15)14-8-9-16-10-4-2-1-3-5-10;/h1-5H,6-9,13H2,(H,14,15);1H. The Bertz CT molecular complexity index is 368. The maximum absolute atomic E-state index is 11.5. The van der Waals surface area contributed by atoms with E-state index in [0.717, 1.165) is 18.6 Å². The summed E-state index contributed by atoms with van der Waals surface area (Å²) in [6.45, 7) is 0.678. The van der Waals surface area contributed by atoms with Gasteiger partial charge < -0.3 is 11.1 Å². The van der Waals surface area contributed by atoms with E-state index in [2.05, 4.69) is 17.4 Å². The number of carbonyl (C=O) groups excluding carboxylic acids is 1. The molecule has 0 bridgehead atoms. The van der Waals surface area contributed by atoms with Crippen LogP contribution in [0.5, 0.6) is 0 Å². The third-order valence-electron chi connectivity index (χ3n) is 2.64. The lowest BCUT2D eigenvalue weighted by molar-refractivity contribution is -0.123. The van der Waals surface area contributed by atoms with Gasteiger partial charge in [0, 0.05) is 17.2 Å². The van der Waals surface area contributed by atoms with Crippen LogP contribution in [0.2, 0.25) is 0 Å². The number of nitrogens with one attached hydrogen (secondary N) is 1. The fourth-order valence-electron chi connectivity index (χ4n) is 1.39. The van der Waals surface area contributed by atoms with Crippen molar-refractivity contribution >= 4 is 30.1 Å². The van der Waals surface area contributed by atoms with E-state index < -0.39 is 5.54 Å². The highest BCUT2D eigenvalue weighted by molar-refractivity contribution is 7.99. The quantitative estimate of drug-likeness (QED) is 0.635. The fourth-order valence-corrected chi connectivity index (χ4v) is 2.18. The van der Waals surface area contributed by atoms with Crippen LogP contribution in [0.15, 0.2) is 35.2 Å². The summed E-state index contributed by atoms with van der Waals surface area (Å²) in [4.78, 5) is 12.7. The molecule has 0 heterocycles. The summed E-state index contributed by atoms with van der Waals surface area (Å²) in [5.74, 6) is 0.882. The lowest BCUT2D eigenvalue weighted by Crippen LogP contribution is -2.43. The zero-order chi connectivity index (χ0) is 11.4. The molecule has 0 aliphatic heterocycles. The van der Waals surface area contributed by atoms with Crippen LogP contribution in [0.3, 0.4) is 0 Å². The summed E-state index contributed by atoms with van der Waals surface area (Å²) in [5, 5.41) is 2.87. The van der Waals surface area contributed by atoms with Gasteiger partial charge in [0.15, 0.2) is 0 Å². The molecule has 0 unspecified atom stereocenters. The Morgan fingerprint density at radius 3 is 2.59 bits per heavy atom. The number of nitrogens with two attached hydrogens (primary N) is 1. The largest absolute Gasteiger partial charge is 0.354 e. The number of carbonyl (C=O) groups is 1. The molecule has 94 valence electrons. The van der Waals surface area contributed by atoms with E-state index in [0.29, 0.717) is 6.54 Å². The zero-order valence-corrected chi connectivity index (χ0v) is 11.2. The third kappa shape index (κ3) is 4.22. The summed E-state index contributed by atoms with van der Waals surface area (Å²) in [7, 11) is 0. The summed E-state index contributed by atoms with van der Waals surface area (Å²) in [6.07, 6.45) is 1.65. The van der Waals surface area contributed by atoms with Gasteiger partial charge in [0.05, 0.1) is 5.54 Å². The minimum Gasteiger partial charge on any atom is -0.354 e. The third-order valence-corrected chi connectivity index (χ3v) is 3.65. The van der Waals surface area contributed by atoms with E-state index in [1.54, 1.807) is 11.8 Å². The Kier molecular flexibility index (Phi) is 5.31. The molecule has 1 fully saturated rings. The van der Waals surface area contributed by atoms with E-state index in [-0.39, 0.29) is 18.3 Å². The first kappa shape index (κ1) is 14.4.